The van der Waals surface area contributed by atoms with Crippen LogP contribution in [0.3, 0.4) is 0 Å². The molecule has 0 spiro atoms. The molecule has 4 heteroatoms. The van der Waals surface area contributed by atoms with Gasteiger partial charge in [-0.15, -0.1) is 0 Å². The number of carbonyl (C=O) groups excluding carboxylic acids is 1. The minimum atomic E-state index is -0.375. The minimum Gasteiger partial charge on any atom is -0.465 e. The Balaban J connectivity index is 2.65. The number of hydrogen-bond donors (Lipinski definition) is 1. The summed E-state index contributed by atoms with van der Waals surface area (Å²) in [7, 11) is 3.17. The first-order chi connectivity index (χ1) is 9.21. The van der Waals surface area contributed by atoms with Crippen molar-refractivity contribution in [3.8, 4) is 0 Å². The minimum absolute atomic E-state index is 0.375. The summed E-state index contributed by atoms with van der Waals surface area (Å²) < 4.78 is 4.79. The van der Waals surface area contributed by atoms with Crippen molar-refractivity contribution in [1.29, 1.82) is 0 Å². The summed E-state index contributed by atoms with van der Waals surface area (Å²) in [5.41, 5.74) is 3.35. The number of carbonyl (C=O) groups is 1. The summed E-state index contributed by atoms with van der Waals surface area (Å²) in [4.78, 5) is 16.1. The van der Waals surface area contributed by atoms with Crippen molar-refractivity contribution in [3.05, 3.63) is 35.5 Å². The third-order valence-corrected chi connectivity index (χ3v) is 3.13. The third-order valence-electron chi connectivity index (χ3n) is 3.13. The molecule has 0 aliphatic carbocycles. The summed E-state index contributed by atoms with van der Waals surface area (Å²) in [5, 5.41) is 4.04. The van der Waals surface area contributed by atoms with Crippen LogP contribution in [0.25, 0.3) is 10.9 Å². The first kappa shape index (κ1) is 13.3. The van der Waals surface area contributed by atoms with Crippen LogP contribution in [-0.2, 0) is 11.2 Å². The number of pyridine rings is 1. The number of nitrogens with zero attached hydrogens (tertiary/aromatic N) is 1. The molecule has 0 atom stereocenters. The smallest absolute Gasteiger partial charge is 0.341 e. The van der Waals surface area contributed by atoms with Crippen molar-refractivity contribution < 1.29 is 9.53 Å². The number of anilines is 1. The van der Waals surface area contributed by atoms with Gasteiger partial charge in [0.25, 0.3) is 0 Å². The molecule has 0 saturated carbocycles. The molecule has 0 saturated heterocycles. The number of aromatic nitrogens is 1. The molecule has 0 aliphatic heterocycles. The van der Waals surface area contributed by atoms with Crippen LogP contribution in [0.2, 0.25) is 0 Å². The standard InChI is InChI=1S/C15H18N2O2/c1-4-5-10-6-7-13-11(8-10)14(16-2)12(9-17-13)15(18)19-3/h6-9H,4-5H2,1-3H3,(H,16,17). The fourth-order valence-corrected chi connectivity index (χ4v) is 2.22. The number of benzene rings is 1. The average molecular weight is 258 g/mol. The van der Waals surface area contributed by atoms with Crippen molar-refractivity contribution in [2.45, 2.75) is 19.8 Å². The van der Waals surface area contributed by atoms with Gasteiger partial charge in [-0.2, -0.15) is 0 Å². The van der Waals surface area contributed by atoms with Gasteiger partial charge in [0.1, 0.15) is 5.56 Å². The summed E-state index contributed by atoms with van der Waals surface area (Å²) in [5.74, 6) is -0.375. The maximum atomic E-state index is 11.7. The van der Waals surface area contributed by atoms with Gasteiger partial charge < -0.3 is 10.1 Å². The van der Waals surface area contributed by atoms with E-state index in [1.54, 1.807) is 13.2 Å². The molecule has 1 heterocycles. The van der Waals surface area contributed by atoms with Crippen LogP contribution in [0, 0.1) is 0 Å². The summed E-state index contributed by atoms with van der Waals surface area (Å²) >= 11 is 0. The third kappa shape index (κ3) is 2.52. The normalized spacial score (nSPS) is 10.5. The van der Waals surface area contributed by atoms with Gasteiger partial charge >= 0.3 is 5.97 Å². The Morgan fingerprint density at radius 1 is 1.42 bits per heavy atom. The Labute approximate surface area is 112 Å². The van der Waals surface area contributed by atoms with E-state index in [2.05, 4.69) is 29.4 Å². The molecule has 2 aromatic rings. The van der Waals surface area contributed by atoms with E-state index in [0.29, 0.717) is 5.56 Å². The summed E-state index contributed by atoms with van der Waals surface area (Å²) in [6.07, 6.45) is 3.66. The molecule has 0 radical (unpaired) electrons. The quantitative estimate of drug-likeness (QED) is 0.856. The van der Waals surface area contributed by atoms with Gasteiger partial charge in [0.05, 0.1) is 18.3 Å². The van der Waals surface area contributed by atoms with Crippen LogP contribution in [0.15, 0.2) is 24.4 Å². The van der Waals surface area contributed by atoms with Crippen LogP contribution < -0.4 is 5.32 Å². The molecule has 19 heavy (non-hydrogen) atoms. The van der Waals surface area contributed by atoms with Crippen LogP contribution in [-0.4, -0.2) is 25.1 Å². The predicted molar refractivity (Wildman–Crippen MR) is 76.6 cm³/mol. The van der Waals surface area contributed by atoms with E-state index < -0.39 is 0 Å². The van der Waals surface area contributed by atoms with Crippen LogP contribution in [0.1, 0.15) is 29.3 Å². The van der Waals surface area contributed by atoms with Gasteiger partial charge in [-0.05, 0) is 24.1 Å². The molecule has 0 aliphatic rings. The highest BCUT2D eigenvalue weighted by atomic mass is 16.5. The molecule has 0 unspecified atom stereocenters. The fraction of sp³-hybridized carbons (Fsp3) is 0.333. The lowest BCUT2D eigenvalue weighted by molar-refractivity contribution is 0.0601. The zero-order chi connectivity index (χ0) is 13.8. The molecule has 2 rings (SSSR count). The Hall–Kier alpha value is -2.10. The molecular formula is C15H18N2O2. The van der Waals surface area contributed by atoms with E-state index in [0.717, 1.165) is 29.4 Å². The zero-order valence-electron chi connectivity index (χ0n) is 11.5. The van der Waals surface area contributed by atoms with Crippen molar-refractivity contribution in [2.24, 2.45) is 0 Å². The maximum Gasteiger partial charge on any atom is 0.341 e. The number of rotatable bonds is 4. The highest BCUT2D eigenvalue weighted by Crippen LogP contribution is 2.27. The van der Waals surface area contributed by atoms with E-state index in [9.17, 15) is 4.79 Å². The number of esters is 1. The number of fused-ring (bicyclic) bond motifs is 1. The van der Waals surface area contributed by atoms with Crippen molar-refractivity contribution in [1.82, 2.24) is 4.98 Å². The predicted octanol–water partition coefficient (Wildman–Crippen LogP) is 3.02. The van der Waals surface area contributed by atoms with Crippen molar-refractivity contribution in [3.63, 3.8) is 0 Å². The molecular weight excluding hydrogens is 240 g/mol. The second-order valence-corrected chi connectivity index (χ2v) is 4.39. The van der Waals surface area contributed by atoms with Gasteiger partial charge in [0, 0.05) is 18.6 Å². The first-order valence-electron chi connectivity index (χ1n) is 6.39. The molecule has 4 nitrogen and oxygen atoms in total. The van der Waals surface area contributed by atoms with E-state index in [1.165, 1.54) is 12.7 Å². The van der Waals surface area contributed by atoms with Crippen molar-refractivity contribution in [2.75, 3.05) is 19.5 Å². The Bertz CT molecular complexity index is 608. The second kappa shape index (κ2) is 5.69. The monoisotopic (exact) mass is 258 g/mol. The molecule has 1 N–H and O–H groups in total. The van der Waals surface area contributed by atoms with E-state index in [-0.39, 0.29) is 5.97 Å². The Morgan fingerprint density at radius 2 is 2.21 bits per heavy atom. The largest absolute Gasteiger partial charge is 0.465 e. The first-order valence-corrected chi connectivity index (χ1v) is 6.39. The number of ether oxygens (including phenoxy) is 1. The van der Waals surface area contributed by atoms with Gasteiger partial charge in [-0.1, -0.05) is 19.4 Å². The lowest BCUT2D eigenvalue weighted by Crippen LogP contribution is -2.07. The topological polar surface area (TPSA) is 51.2 Å². The Morgan fingerprint density at radius 3 is 2.84 bits per heavy atom. The molecule has 1 aromatic heterocycles. The number of methoxy groups -OCH3 is 1. The Kier molecular flexibility index (Phi) is 4.00. The van der Waals surface area contributed by atoms with Crippen LogP contribution in [0.4, 0.5) is 5.69 Å². The maximum absolute atomic E-state index is 11.7. The van der Waals surface area contributed by atoms with Gasteiger partial charge in [0.2, 0.25) is 0 Å². The van der Waals surface area contributed by atoms with Crippen molar-refractivity contribution >= 4 is 22.6 Å². The molecule has 0 bridgehead atoms. The van der Waals surface area contributed by atoms with Gasteiger partial charge in [0.15, 0.2) is 0 Å². The highest BCUT2D eigenvalue weighted by Gasteiger charge is 2.15. The lowest BCUT2D eigenvalue weighted by Gasteiger charge is -2.11. The average Bonchev–Trinajstić information content (AvgIpc) is 2.45. The fourth-order valence-electron chi connectivity index (χ4n) is 2.22. The van der Waals surface area contributed by atoms with E-state index in [1.807, 2.05) is 6.07 Å². The lowest BCUT2D eigenvalue weighted by atomic mass is 10.0. The van der Waals surface area contributed by atoms with E-state index in [4.69, 9.17) is 4.74 Å². The zero-order valence-corrected chi connectivity index (χ0v) is 11.5. The van der Waals surface area contributed by atoms with Crippen LogP contribution >= 0.6 is 0 Å². The summed E-state index contributed by atoms with van der Waals surface area (Å²) in [6, 6.07) is 6.16. The SMILES string of the molecule is CCCc1ccc2ncc(C(=O)OC)c(NC)c2c1. The second-order valence-electron chi connectivity index (χ2n) is 4.39. The number of aryl methyl sites for hydroxylation is 1. The summed E-state index contributed by atoms with van der Waals surface area (Å²) in [6.45, 7) is 2.15. The highest BCUT2D eigenvalue weighted by molar-refractivity contribution is 6.04. The van der Waals surface area contributed by atoms with Gasteiger partial charge in [-0.3, -0.25) is 4.98 Å². The number of nitrogens with one attached hydrogen (secondary N) is 1. The number of hydrogen-bond acceptors (Lipinski definition) is 4. The van der Waals surface area contributed by atoms with Gasteiger partial charge in [-0.25, -0.2) is 4.79 Å². The van der Waals surface area contributed by atoms with E-state index >= 15 is 0 Å². The molecule has 0 fully saturated rings. The molecule has 100 valence electrons. The van der Waals surface area contributed by atoms with Crippen LogP contribution in [0.5, 0.6) is 0 Å². The molecule has 0 amide bonds. The molecule has 1 aromatic carbocycles.